The zero-order chi connectivity index (χ0) is 20.2. The second-order valence-corrected chi connectivity index (χ2v) is 6.42. The van der Waals surface area contributed by atoms with Crippen LogP contribution in [0, 0.1) is 6.92 Å². The van der Waals surface area contributed by atoms with Crippen molar-refractivity contribution in [1.82, 2.24) is 9.97 Å². The summed E-state index contributed by atoms with van der Waals surface area (Å²) in [5.41, 5.74) is 1.82. The highest BCUT2D eigenvalue weighted by atomic mass is 16.7. The molecule has 150 valence electrons. The first kappa shape index (κ1) is 18.7. The number of hydrogen-bond donors (Lipinski definition) is 2. The van der Waals surface area contributed by atoms with E-state index in [4.69, 9.17) is 18.9 Å². The maximum absolute atomic E-state index is 5.43. The molecule has 4 rings (SSSR count). The van der Waals surface area contributed by atoms with Crippen LogP contribution in [0.25, 0.3) is 0 Å². The molecule has 0 atom stereocenters. The largest absolute Gasteiger partial charge is 0.497 e. The minimum Gasteiger partial charge on any atom is -0.497 e. The van der Waals surface area contributed by atoms with Gasteiger partial charge in [-0.1, -0.05) is 6.07 Å². The quantitative estimate of drug-likeness (QED) is 0.624. The summed E-state index contributed by atoms with van der Waals surface area (Å²) >= 11 is 0. The predicted molar refractivity (Wildman–Crippen MR) is 109 cm³/mol. The van der Waals surface area contributed by atoms with E-state index in [2.05, 4.69) is 20.6 Å². The Labute approximate surface area is 168 Å². The highest BCUT2D eigenvalue weighted by Gasteiger charge is 2.13. The smallest absolute Gasteiger partial charge is 0.231 e. The average Bonchev–Trinajstić information content (AvgIpc) is 3.19. The highest BCUT2D eigenvalue weighted by Crippen LogP contribution is 2.33. The first-order valence-corrected chi connectivity index (χ1v) is 9.12. The van der Waals surface area contributed by atoms with Crippen LogP contribution in [0.15, 0.2) is 42.5 Å². The number of aryl methyl sites for hydroxylation is 1. The van der Waals surface area contributed by atoms with Gasteiger partial charge in [0.15, 0.2) is 11.5 Å². The van der Waals surface area contributed by atoms with Gasteiger partial charge in [0.05, 0.1) is 19.9 Å². The Bertz CT molecular complexity index is 1030. The van der Waals surface area contributed by atoms with E-state index in [-0.39, 0.29) is 6.79 Å². The fourth-order valence-electron chi connectivity index (χ4n) is 3.02. The molecule has 3 aromatic rings. The lowest BCUT2D eigenvalue weighted by Gasteiger charge is -2.14. The Morgan fingerprint density at radius 2 is 1.76 bits per heavy atom. The van der Waals surface area contributed by atoms with Crippen LogP contribution in [0.5, 0.6) is 23.0 Å². The van der Waals surface area contributed by atoms with Gasteiger partial charge in [-0.15, -0.1) is 0 Å². The molecule has 0 fully saturated rings. The van der Waals surface area contributed by atoms with Crippen LogP contribution in [0.2, 0.25) is 0 Å². The van der Waals surface area contributed by atoms with Gasteiger partial charge in [-0.25, -0.2) is 9.97 Å². The number of aromatic nitrogens is 2. The van der Waals surface area contributed by atoms with Crippen molar-refractivity contribution in [2.24, 2.45) is 0 Å². The Morgan fingerprint density at radius 3 is 2.59 bits per heavy atom. The molecule has 0 amide bonds. The van der Waals surface area contributed by atoms with E-state index in [0.717, 1.165) is 28.5 Å². The molecular weight excluding hydrogens is 372 g/mol. The van der Waals surface area contributed by atoms with E-state index in [0.29, 0.717) is 29.8 Å². The molecule has 0 bridgehead atoms. The molecule has 2 heterocycles. The van der Waals surface area contributed by atoms with E-state index in [1.54, 1.807) is 14.2 Å². The summed E-state index contributed by atoms with van der Waals surface area (Å²) in [4.78, 5) is 8.93. The number of rotatable bonds is 7. The molecule has 8 heteroatoms. The number of hydrogen-bond acceptors (Lipinski definition) is 8. The number of nitrogens with zero attached hydrogens (tertiary/aromatic N) is 2. The van der Waals surface area contributed by atoms with Crippen molar-refractivity contribution in [1.29, 1.82) is 0 Å². The fraction of sp³-hybridized carbons (Fsp3) is 0.238. The summed E-state index contributed by atoms with van der Waals surface area (Å²) in [5, 5.41) is 6.61. The molecule has 8 nitrogen and oxygen atoms in total. The minimum absolute atomic E-state index is 0.264. The molecule has 0 unspecified atom stereocenters. The first-order valence-electron chi connectivity index (χ1n) is 9.12. The van der Waals surface area contributed by atoms with Gasteiger partial charge in [-0.3, -0.25) is 0 Å². The maximum Gasteiger partial charge on any atom is 0.231 e. The van der Waals surface area contributed by atoms with Crippen LogP contribution in [0.3, 0.4) is 0 Å². The Balaban J connectivity index is 1.51. The molecule has 2 aromatic carbocycles. The van der Waals surface area contributed by atoms with Gasteiger partial charge in [-0.2, -0.15) is 0 Å². The van der Waals surface area contributed by atoms with E-state index in [1.807, 2.05) is 49.4 Å². The molecule has 0 aliphatic carbocycles. The number of ether oxygens (including phenoxy) is 4. The van der Waals surface area contributed by atoms with Crippen molar-refractivity contribution >= 4 is 17.3 Å². The number of methoxy groups -OCH3 is 2. The molecule has 0 saturated carbocycles. The monoisotopic (exact) mass is 394 g/mol. The Kier molecular flexibility index (Phi) is 5.24. The fourth-order valence-corrected chi connectivity index (χ4v) is 3.02. The standard InChI is InChI=1S/C21H22N4O4/c1-13-23-20(22-11-14-4-6-18-19(8-14)29-12-28-18)10-21(24-13)25-16-9-15(26-2)5-7-17(16)27-3/h4-10H,11-12H2,1-3H3,(H2,22,23,24,25). The zero-order valence-electron chi connectivity index (χ0n) is 16.5. The van der Waals surface area contributed by atoms with Crippen LogP contribution in [0.1, 0.15) is 11.4 Å². The number of benzene rings is 2. The second kappa shape index (κ2) is 8.14. The first-order chi connectivity index (χ1) is 14.1. The molecule has 0 spiro atoms. The molecule has 1 aromatic heterocycles. The number of anilines is 3. The second-order valence-electron chi connectivity index (χ2n) is 6.42. The maximum atomic E-state index is 5.43. The average molecular weight is 394 g/mol. The SMILES string of the molecule is COc1ccc(OC)c(Nc2cc(NCc3ccc4c(c3)OCO4)nc(C)n2)c1. The third-order valence-corrected chi connectivity index (χ3v) is 4.42. The van der Waals surface area contributed by atoms with E-state index < -0.39 is 0 Å². The van der Waals surface area contributed by atoms with Crippen molar-refractivity contribution in [3.05, 3.63) is 53.9 Å². The van der Waals surface area contributed by atoms with Crippen LogP contribution in [-0.2, 0) is 6.54 Å². The normalized spacial score (nSPS) is 11.8. The topological polar surface area (TPSA) is 86.8 Å². The van der Waals surface area contributed by atoms with Gasteiger partial charge in [0.2, 0.25) is 6.79 Å². The Hall–Kier alpha value is -3.68. The van der Waals surface area contributed by atoms with Crippen molar-refractivity contribution < 1.29 is 18.9 Å². The lowest BCUT2D eigenvalue weighted by atomic mass is 10.2. The molecular formula is C21H22N4O4. The lowest BCUT2D eigenvalue weighted by molar-refractivity contribution is 0.174. The lowest BCUT2D eigenvalue weighted by Crippen LogP contribution is -2.05. The zero-order valence-corrected chi connectivity index (χ0v) is 16.5. The summed E-state index contributed by atoms with van der Waals surface area (Å²) in [6.45, 7) is 2.70. The van der Waals surface area contributed by atoms with Gasteiger partial charge in [0, 0.05) is 18.7 Å². The molecule has 1 aliphatic rings. The summed E-state index contributed by atoms with van der Waals surface area (Å²) in [6.07, 6.45) is 0. The van der Waals surface area contributed by atoms with Crippen LogP contribution in [0.4, 0.5) is 17.3 Å². The van der Waals surface area contributed by atoms with E-state index >= 15 is 0 Å². The molecule has 0 radical (unpaired) electrons. The van der Waals surface area contributed by atoms with Gasteiger partial charge in [-0.05, 0) is 36.8 Å². The summed E-state index contributed by atoms with van der Waals surface area (Å²) in [6, 6.07) is 13.3. The summed E-state index contributed by atoms with van der Waals surface area (Å²) in [5.74, 6) is 4.94. The predicted octanol–water partition coefficient (Wildman–Crippen LogP) is 3.89. The van der Waals surface area contributed by atoms with Gasteiger partial charge in [0.1, 0.15) is 29.0 Å². The molecule has 2 N–H and O–H groups in total. The Morgan fingerprint density at radius 1 is 0.931 bits per heavy atom. The number of fused-ring (bicyclic) bond motifs is 1. The van der Waals surface area contributed by atoms with E-state index in [9.17, 15) is 0 Å². The van der Waals surface area contributed by atoms with Crippen molar-refractivity contribution in [2.75, 3.05) is 31.6 Å². The minimum atomic E-state index is 0.264. The molecule has 1 aliphatic heterocycles. The van der Waals surface area contributed by atoms with Crippen LogP contribution < -0.4 is 29.6 Å². The molecule has 0 saturated heterocycles. The third kappa shape index (κ3) is 4.26. The third-order valence-electron chi connectivity index (χ3n) is 4.42. The van der Waals surface area contributed by atoms with Gasteiger partial charge < -0.3 is 29.6 Å². The van der Waals surface area contributed by atoms with Crippen LogP contribution >= 0.6 is 0 Å². The van der Waals surface area contributed by atoms with Crippen molar-refractivity contribution in [3.63, 3.8) is 0 Å². The van der Waals surface area contributed by atoms with Gasteiger partial charge in [0.25, 0.3) is 0 Å². The van der Waals surface area contributed by atoms with Crippen molar-refractivity contribution in [2.45, 2.75) is 13.5 Å². The van der Waals surface area contributed by atoms with Crippen LogP contribution in [-0.4, -0.2) is 31.0 Å². The number of nitrogens with one attached hydrogen (secondary N) is 2. The summed E-state index contributed by atoms with van der Waals surface area (Å²) in [7, 11) is 3.25. The van der Waals surface area contributed by atoms with Crippen molar-refractivity contribution in [3.8, 4) is 23.0 Å². The molecule has 29 heavy (non-hydrogen) atoms. The van der Waals surface area contributed by atoms with Gasteiger partial charge >= 0.3 is 0 Å². The highest BCUT2D eigenvalue weighted by molar-refractivity contribution is 5.67. The summed E-state index contributed by atoms with van der Waals surface area (Å²) < 4.78 is 21.5. The van der Waals surface area contributed by atoms with E-state index in [1.165, 1.54) is 0 Å².